The first-order chi connectivity index (χ1) is 8.35. The van der Waals surface area contributed by atoms with Crippen molar-refractivity contribution in [1.82, 2.24) is 14.8 Å². The van der Waals surface area contributed by atoms with E-state index in [-0.39, 0.29) is 6.61 Å². The molecule has 0 aliphatic heterocycles. The highest BCUT2D eigenvalue weighted by Gasteiger charge is 2.24. The molecule has 96 valence electrons. The summed E-state index contributed by atoms with van der Waals surface area (Å²) >= 11 is 0. The van der Waals surface area contributed by atoms with Gasteiger partial charge in [-0.25, -0.2) is 0 Å². The second-order valence-corrected chi connectivity index (χ2v) is 4.91. The predicted octanol–water partition coefficient (Wildman–Crippen LogP) is 0.893. The smallest absolute Gasteiger partial charge is 0.135 e. The zero-order chi connectivity index (χ0) is 12.1. The Labute approximate surface area is 102 Å². The Hall–Kier alpha value is -0.940. The zero-order valence-corrected chi connectivity index (χ0v) is 10.3. The Morgan fingerprint density at radius 2 is 2.12 bits per heavy atom. The van der Waals surface area contributed by atoms with Crippen molar-refractivity contribution in [2.75, 3.05) is 13.2 Å². The molecule has 0 aromatic carbocycles. The van der Waals surface area contributed by atoms with E-state index in [2.05, 4.69) is 14.8 Å². The molecular weight excluding hydrogens is 216 g/mol. The molecule has 0 spiro atoms. The van der Waals surface area contributed by atoms with Crippen LogP contribution in [0.5, 0.6) is 0 Å². The van der Waals surface area contributed by atoms with Gasteiger partial charge in [0.1, 0.15) is 12.2 Å². The molecule has 0 atom stereocenters. The van der Waals surface area contributed by atoms with Gasteiger partial charge in [0.15, 0.2) is 0 Å². The lowest BCUT2D eigenvalue weighted by Gasteiger charge is -2.27. The van der Waals surface area contributed by atoms with E-state index in [0.717, 1.165) is 25.3 Å². The first-order valence-corrected chi connectivity index (χ1v) is 6.53. The SMILES string of the molecule is NCC1CCC(c2nncn2CCCO)CC1. The minimum Gasteiger partial charge on any atom is -0.396 e. The van der Waals surface area contributed by atoms with E-state index in [4.69, 9.17) is 10.8 Å². The quantitative estimate of drug-likeness (QED) is 0.798. The third-order valence-corrected chi connectivity index (χ3v) is 3.75. The van der Waals surface area contributed by atoms with Crippen molar-refractivity contribution in [2.45, 2.75) is 44.6 Å². The van der Waals surface area contributed by atoms with Crippen molar-refractivity contribution >= 4 is 0 Å². The van der Waals surface area contributed by atoms with Crippen LogP contribution in [0.15, 0.2) is 6.33 Å². The Balaban J connectivity index is 1.95. The lowest BCUT2D eigenvalue weighted by atomic mass is 9.81. The summed E-state index contributed by atoms with van der Waals surface area (Å²) in [6.07, 6.45) is 7.28. The molecule has 5 heteroatoms. The van der Waals surface area contributed by atoms with Crippen molar-refractivity contribution < 1.29 is 5.11 Å². The van der Waals surface area contributed by atoms with Crippen LogP contribution in [0.3, 0.4) is 0 Å². The number of aryl methyl sites for hydroxylation is 1. The Bertz CT molecular complexity index is 331. The van der Waals surface area contributed by atoms with E-state index in [1.165, 1.54) is 25.7 Å². The third-order valence-electron chi connectivity index (χ3n) is 3.75. The van der Waals surface area contributed by atoms with Crippen LogP contribution in [0.25, 0.3) is 0 Å². The number of rotatable bonds is 5. The molecule has 2 rings (SSSR count). The second kappa shape index (κ2) is 6.12. The lowest BCUT2D eigenvalue weighted by molar-refractivity contribution is 0.275. The maximum atomic E-state index is 8.86. The van der Waals surface area contributed by atoms with Gasteiger partial charge in [-0.1, -0.05) is 0 Å². The summed E-state index contributed by atoms with van der Waals surface area (Å²) in [5, 5.41) is 17.1. The van der Waals surface area contributed by atoms with Gasteiger partial charge in [-0.3, -0.25) is 0 Å². The Morgan fingerprint density at radius 1 is 1.35 bits per heavy atom. The summed E-state index contributed by atoms with van der Waals surface area (Å²) in [5.41, 5.74) is 5.70. The molecule has 1 aliphatic rings. The lowest BCUT2D eigenvalue weighted by Crippen LogP contribution is -2.22. The molecule has 0 amide bonds. The molecule has 1 aromatic heterocycles. The van der Waals surface area contributed by atoms with Crippen LogP contribution >= 0.6 is 0 Å². The van der Waals surface area contributed by atoms with E-state index in [1.54, 1.807) is 6.33 Å². The van der Waals surface area contributed by atoms with Crippen LogP contribution in [0.4, 0.5) is 0 Å². The number of hydrogen-bond acceptors (Lipinski definition) is 4. The molecule has 5 nitrogen and oxygen atoms in total. The molecule has 1 aromatic rings. The van der Waals surface area contributed by atoms with Gasteiger partial charge < -0.3 is 15.4 Å². The first kappa shape index (κ1) is 12.5. The molecule has 1 saturated carbocycles. The maximum Gasteiger partial charge on any atom is 0.135 e. The van der Waals surface area contributed by atoms with Crippen LogP contribution in [0, 0.1) is 5.92 Å². The van der Waals surface area contributed by atoms with Gasteiger partial charge in [0.25, 0.3) is 0 Å². The van der Waals surface area contributed by atoms with E-state index in [1.807, 2.05) is 0 Å². The summed E-state index contributed by atoms with van der Waals surface area (Å²) in [7, 11) is 0. The molecule has 1 heterocycles. The van der Waals surface area contributed by atoms with Gasteiger partial charge in [-0.2, -0.15) is 0 Å². The molecule has 17 heavy (non-hydrogen) atoms. The summed E-state index contributed by atoms with van der Waals surface area (Å²) in [6, 6.07) is 0. The number of nitrogens with zero attached hydrogens (tertiary/aromatic N) is 3. The first-order valence-electron chi connectivity index (χ1n) is 6.53. The summed E-state index contributed by atoms with van der Waals surface area (Å²) in [4.78, 5) is 0. The third kappa shape index (κ3) is 3.04. The molecular formula is C12H22N4O. The predicted molar refractivity (Wildman–Crippen MR) is 65.5 cm³/mol. The number of aliphatic hydroxyl groups excluding tert-OH is 1. The fourth-order valence-electron chi connectivity index (χ4n) is 2.65. The largest absolute Gasteiger partial charge is 0.396 e. The van der Waals surface area contributed by atoms with E-state index in [0.29, 0.717) is 11.8 Å². The molecule has 0 bridgehead atoms. The Kier molecular flexibility index (Phi) is 4.50. The van der Waals surface area contributed by atoms with Crippen LogP contribution in [-0.4, -0.2) is 33.0 Å². The zero-order valence-electron chi connectivity index (χ0n) is 10.3. The van der Waals surface area contributed by atoms with Gasteiger partial charge in [0, 0.05) is 19.1 Å². The van der Waals surface area contributed by atoms with Gasteiger partial charge in [-0.15, -0.1) is 10.2 Å². The van der Waals surface area contributed by atoms with Gasteiger partial charge in [-0.05, 0) is 44.6 Å². The highest BCUT2D eigenvalue weighted by Crippen LogP contribution is 2.34. The van der Waals surface area contributed by atoms with Crippen LogP contribution < -0.4 is 5.73 Å². The normalized spacial score (nSPS) is 25.1. The van der Waals surface area contributed by atoms with Crippen molar-refractivity contribution in [2.24, 2.45) is 11.7 Å². The number of aliphatic hydroxyl groups is 1. The molecule has 0 unspecified atom stereocenters. The number of aromatic nitrogens is 3. The monoisotopic (exact) mass is 238 g/mol. The van der Waals surface area contributed by atoms with Crippen molar-refractivity contribution in [3.63, 3.8) is 0 Å². The summed E-state index contributed by atoms with van der Waals surface area (Å²) in [6.45, 7) is 1.84. The maximum absolute atomic E-state index is 8.86. The summed E-state index contributed by atoms with van der Waals surface area (Å²) < 4.78 is 2.09. The van der Waals surface area contributed by atoms with Crippen LogP contribution in [0.1, 0.15) is 43.8 Å². The fraction of sp³-hybridized carbons (Fsp3) is 0.833. The average molecular weight is 238 g/mol. The van der Waals surface area contributed by atoms with E-state index >= 15 is 0 Å². The van der Waals surface area contributed by atoms with Gasteiger partial charge >= 0.3 is 0 Å². The van der Waals surface area contributed by atoms with Gasteiger partial charge in [0.05, 0.1) is 0 Å². The Morgan fingerprint density at radius 3 is 2.76 bits per heavy atom. The minimum absolute atomic E-state index is 0.220. The van der Waals surface area contributed by atoms with Crippen LogP contribution in [0.2, 0.25) is 0 Å². The molecule has 1 aliphatic carbocycles. The highest BCUT2D eigenvalue weighted by molar-refractivity contribution is 4.98. The standard InChI is InChI=1S/C12H22N4O/c13-8-10-2-4-11(5-3-10)12-15-14-9-16(12)6-1-7-17/h9-11,17H,1-8,13H2. The summed E-state index contributed by atoms with van der Waals surface area (Å²) in [5.74, 6) is 2.31. The van der Waals surface area contributed by atoms with Crippen LogP contribution in [-0.2, 0) is 6.54 Å². The van der Waals surface area contributed by atoms with E-state index in [9.17, 15) is 0 Å². The van der Waals surface area contributed by atoms with Crippen molar-refractivity contribution in [1.29, 1.82) is 0 Å². The second-order valence-electron chi connectivity index (χ2n) is 4.91. The fourth-order valence-corrected chi connectivity index (χ4v) is 2.65. The molecule has 0 saturated heterocycles. The topological polar surface area (TPSA) is 77.0 Å². The van der Waals surface area contributed by atoms with Crippen molar-refractivity contribution in [3.8, 4) is 0 Å². The number of nitrogens with two attached hydrogens (primary N) is 1. The molecule has 0 radical (unpaired) electrons. The van der Waals surface area contributed by atoms with E-state index < -0.39 is 0 Å². The minimum atomic E-state index is 0.220. The van der Waals surface area contributed by atoms with Gasteiger partial charge in [0.2, 0.25) is 0 Å². The number of hydrogen-bond donors (Lipinski definition) is 2. The average Bonchev–Trinajstić information content (AvgIpc) is 2.84. The molecule has 1 fully saturated rings. The van der Waals surface area contributed by atoms with Crippen molar-refractivity contribution in [3.05, 3.63) is 12.2 Å². The highest BCUT2D eigenvalue weighted by atomic mass is 16.3. The molecule has 3 N–H and O–H groups in total.